The number of aryl methyl sites for hydroxylation is 1. The van der Waals surface area contributed by atoms with Crippen LogP contribution in [-0.2, 0) is 0 Å². The van der Waals surface area contributed by atoms with Crippen molar-refractivity contribution in [3.63, 3.8) is 0 Å². The van der Waals surface area contributed by atoms with Crippen LogP contribution < -0.4 is 10.6 Å². The van der Waals surface area contributed by atoms with E-state index in [1.54, 1.807) is 19.1 Å². The average Bonchev–Trinajstić information content (AvgIpc) is 3.22. The second-order valence-corrected chi connectivity index (χ2v) is 5.40. The highest BCUT2D eigenvalue weighted by molar-refractivity contribution is 5.94. The number of benzene rings is 1. The molecule has 5 heteroatoms. The molecule has 0 unspecified atom stereocenters. The SMILES string of the molecule is CC(=O)c1ccc(Nc2nc(C)cc(NC3CC3)n2)cc1. The number of hydrogen-bond donors (Lipinski definition) is 2. The van der Waals surface area contributed by atoms with Gasteiger partial charge in [-0.3, -0.25) is 4.79 Å². The van der Waals surface area contributed by atoms with Crippen LogP contribution in [0.2, 0.25) is 0 Å². The summed E-state index contributed by atoms with van der Waals surface area (Å²) in [7, 11) is 0. The standard InChI is InChI=1S/C16H18N4O/c1-10-9-15(18-13-7-8-13)20-16(17-10)19-14-5-3-12(4-6-14)11(2)21/h3-6,9,13H,7-8H2,1-2H3,(H2,17,18,19,20). The smallest absolute Gasteiger partial charge is 0.229 e. The Hall–Kier alpha value is -2.43. The van der Waals surface area contributed by atoms with Crippen LogP contribution in [0.25, 0.3) is 0 Å². The average molecular weight is 282 g/mol. The van der Waals surface area contributed by atoms with E-state index >= 15 is 0 Å². The number of hydrogen-bond acceptors (Lipinski definition) is 5. The lowest BCUT2D eigenvalue weighted by Gasteiger charge is -2.09. The molecular formula is C16H18N4O. The second kappa shape index (κ2) is 5.52. The summed E-state index contributed by atoms with van der Waals surface area (Å²) in [6.45, 7) is 3.51. The molecule has 5 nitrogen and oxygen atoms in total. The number of nitrogens with zero attached hydrogens (tertiary/aromatic N) is 2. The lowest BCUT2D eigenvalue weighted by Crippen LogP contribution is -2.06. The number of carbonyl (C=O) groups is 1. The van der Waals surface area contributed by atoms with Gasteiger partial charge < -0.3 is 10.6 Å². The molecule has 1 aromatic heterocycles. The van der Waals surface area contributed by atoms with Gasteiger partial charge in [-0.05, 0) is 51.0 Å². The van der Waals surface area contributed by atoms with Crippen molar-refractivity contribution < 1.29 is 4.79 Å². The second-order valence-electron chi connectivity index (χ2n) is 5.40. The van der Waals surface area contributed by atoms with Crippen LogP contribution in [0.1, 0.15) is 35.8 Å². The van der Waals surface area contributed by atoms with Crippen LogP contribution in [0.3, 0.4) is 0 Å². The third-order valence-electron chi connectivity index (χ3n) is 3.33. The quantitative estimate of drug-likeness (QED) is 0.824. The van der Waals surface area contributed by atoms with Crippen molar-refractivity contribution in [2.24, 2.45) is 0 Å². The molecule has 2 aromatic rings. The van der Waals surface area contributed by atoms with Crippen molar-refractivity contribution in [1.82, 2.24) is 9.97 Å². The predicted octanol–water partition coefficient (Wildman–Crippen LogP) is 3.31. The maximum absolute atomic E-state index is 11.3. The Balaban J connectivity index is 1.76. The maximum atomic E-state index is 11.3. The van der Waals surface area contributed by atoms with Gasteiger partial charge in [0.2, 0.25) is 5.95 Å². The largest absolute Gasteiger partial charge is 0.367 e. The van der Waals surface area contributed by atoms with Gasteiger partial charge in [0.25, 0.3) is 0 Å². The first-order valence-corrected chi connectivity index (χ1v) is 7.10. The monoisotopic (exact) mass is 282 g/mol. The van der Waals surface area contributed by atoms with Gasteiger partial charge in [0.15, 0.2) is 5.78 Å². The Morgan fingerprint density at radius 2 is 1.90 bits per heavy atom. The Morgan fingerprint density at radius 3 is 2.52 bits per heavy atom. The van der Waals surface area contributed by atoms with Gasteiger partial charge in [-0.2, -0.15) is 4.98 Å². The number of Topliss-reactive ketones (excluding diaryl/α,β-unsaturated/α-hetero) is 1. The summed E-state index contributed by atoms with van der Waals surface area (Å²) < 4.78 is 0. The van der Waals surface area contributed by atoms with Crippen LogP contribution in [0, 0.1) is 6.92 Å². The Bertz CT molecular complexity index is 662. The lowest BCUT2D eigenvalue weighted by atomic mass is 10.1. The minimum atomic E-state index is 0.0595. The summed E-state index contributed by atoms with van der Waals surface area (Å²) in [5, 5.41) is 6.54. The van der Waals surface area contributed by atoms with Crippen LogP contribution >= 0.6 is 0 Å². The zero-order chi connectivity index (χ0) is 14.8. The molecule has 108 valence electrons. The van der Waals surface area contributed by atoms with Crippen LogP contribution in [0.15, 0.2) is 30.3 Å². The van der Waals surface area contributed by atoms with Crippen molar-refractivity contribution in [2.45, 2.75) is 32.7 Å². The summed E-state index contributed by atoms with van der Waals surface area (Å²) >= 11 is 0. The van der Waals surface area contributed by atoms with Gasteiger partial charge in [-0.1, -0.05) is 0 Å². The summed E-state index contributed by atoms with van der Waals surface area (Å²) in [4.78, 5) is 20.1. The van der Waals surface area contributed by atoms with E-state index < -0.39 is 0 Å². The van der Waals surface area contributed by atoms with Crippen LogP contribution in [0.4, 0.5) is 17.5 Å². The minimum absolute atomic E-state index is 0.0595. The Morgan fingerprint density at radius 1 is 1.19 bits per heavy atom. The molecule has 2 N–H and O–H groups in total. The maximum Gasteiger partial charge on any atom is 0.229 e. The Kier molecular flexibility index (Phi) is 3.56. The molecule has 0 amide bonds. The zero-order valence-electron chi connectivity index (χ0n) is 12.2. The molecule has 0 radical (unpaired) electrons. The van der Waals surface area contributed by atoms with E-state index in [0.717, 1.165) is 17.2 Å². The molecule has 1 aliphatic carbocycles. The van der Waals surface area contributed by atoms with Gasteiger partial charge >= 0.3 is 0 Å². The van der Waals surface area contributed by atoms with E-state index in [0.29, 0.717) is 17.6 Å². The normalized spacial score (nSPS) is 13.8. The van der Waals surface area contributed by atoms with Gasteiger partial charge in [0.05, 0.1) is 0 Å². The van der Waals surface area contributed by atoms with Crippen molar-refractivity contribution >= 4 is 23.2 Å². The summed E-state index contributed by atoms with van der Waals surface area (Å²) in [6.07, 6.45) is 2.41. The fourth-order valence-electron chi connectivity index (χ4n) is 2.05. The van der Waals surface area contributed by atoms with Gasteiger partial charge in [-0.25, -0.2) is 4.98 Å². The Labute approximate surface area is 123 Å². The molecule has 0 aliphatic heterocycles. The van der Waals surface area contributed by atoms with Crippen LogP contribution in [-0.4, -0.2) is 21.8 Å². The molecule has 1 aliphatic rings. The molecule has 3 rings (SSSR count). The summed E-state index contributed by atoms with van der Waals surface area (Å²) in [6, 6.07) is 9.81. The molecule has 0 saturated heterocycles. The first-order chi connectivity index (χ1) is 10.1. The van der Waals surface area contributed by atoms with Crippen molar-refractivity contribution in [2.75, 3.05) is 10.6 Å². The number of nitrogens with one attached hydrogen (secondary N) is 2. The highest BCUT2D eigenvalue weighted by atomic mass is 16.1. The number of carbonyl (C=O) groups excluding carboxylic acids is 1. The fraction of sp³-hybridized carbons (Fsp3) is 0.312. The van der Waals surface area contributed by atoms with Crippen molar-refractivity contribution in [1.29, 1.82) is 0 Å². The van der Waals surface area contributed by atoms with E-state index in [-0.39, 0.29) is 5.78 Å². The molecule has 0 bridgehead atoms. The third-order valence-corrected chi connectivity index (χ3v) is 3.33. The molecule has 1 aromatic carbocycles. The summed E-state index contributed by atoms with van der Waals surface area (Å²) in [5.74, 6) is 1.48. The first kappa shape index (κ1) is 13.5. The molecule has 0 atom stereocenters. The molecule has 21 heavy (non-hydrogen) atoms. The fourth-order valence-corrected chi connectivity index (χ4v) is 2.05. The topological polar surface area (TPSA) is 66.9 Å². The van der Waals surface area contributed by atoms with E-state index in [4.69, 9.17) is 0 Å². The van der Waals surface area contributed by atoms with Gasteiger partial charge in [0.1, 0.15) is 5.82 Å². The molecule has 1 saturated carbocycles. The van der Waals surface area contributed by atoms with E-state index in [1.807, 2.05) is 25.1 Å². The number of ketones is 1. The third kappa shape index (κ3) is 3.56. The zero-order valence-corrected chi connectivity index (χ0v) is 12.2. The highest BCUT2D eigenvalue weighted by Crippen LogP contribution is 2.25. The van der Waals surface area contributed by atoms with Crippen molar-refractivity contribution in [3.05, 3.63) is 41.6 Å². The lowest BCUT2D eigenvalue weighted by molar-refractivity contribution is 0.101. The first-order valence-electron chi connectivity index (χ1n) is 7.10. The molecule has 0 spiro atoms. The van der Waals surface area contributed by atoms with E-state index in [2.05, 4.69) is 20.6 Å². The van der Waals surface area contributed by atoms with Crippen LogP contribution in [0.5, 0.6) is 0 Å². The summed E-state index contributed by atoms with van der Waals surface area (Å²) in [5.41, 5.74) is 2.47. The number of rotatable bonds is 5. The van der Waals surface area contributed by atoms with E-state index in [9.17, 15) is 4.79 Å². The minimum Gasteiger partial charge on any atom is -0.367 e. The number of anilines is 3. The molecule has 1 heterocycles. The molecule has 1 fully saturated rings. The van der Waals surface area contributed by atoms with Gasteiger partial charge in [0, 0.05) is 29.1 Å². The molecular weight excluding hydrogens is 264 g/mol. The van der Waals surface area contributed by atoms with E-state index in [1.165, 1.54) is 12.8 Å². The predicted molar refractivity (Wildman–Crippen MR) is 83.1 cm³/mol. The van der Waals surface area contributed by atoms with Crippen molar-refractivity contribution in [3.8, 4) is 0 Å². The number of aromatic nitrogens is 2. The highest BCUT2D eigenvalue weighted by Gasteiger charge is 2.21. The van der Waals surface area contributed by atoms with Gasteiger partial charge in [-0.15, -0.1) is 0 Å².